The molecule has 0 saturated heterocycles. The van der Waals surface area contributed by atoms with Gasteiger partial charge in [0.25, 0.3) is 0 Å². The first-order valence-corrected chi connectivity index (χ1v) is 7.64. The van der Waals surface area contributed by atoms with Gasteiger partial charge >= 0.3 is 0 Å². The molecule has 0 aromatic heterocycles. The van der Waals surface area contributed by atoms with Crippen molar-refractivity contribution < 1.29 is 4.74 Å². The van der Waals surface area contributed by atoms with E-state index in [2.05, 4.69) is 15.9 Å². The Morgan fingerprint density at radius 1 is 1.20 bits per heavy atom. The lowest BCUT2D eigenvalue weighted by Gasteiger charge is -2.15. The molecule has 106 valence electrons. The van der Waals surface area contributed by atoms with Crippen molar-refractivity contribution in [2.45, 2.75) is 19.6 Å². The molecule has 0 unspecified atom stereocenters. The van der Waals surface area contributed by atoms with E-state index in [1.54, 1.807) is 12.1 Å². The second-order valence-corrected chi connectivity index (χ2v) is 6.25. The highest BCUT2D eigenvalue weighted by Gasteiger charge is 2.10. The van der Waals surface area contributed by atoms with Crippen LogP contribution < -0.4 is 10.5 Å². The van der Waals surface area contributed by atoms with Crippen molar-refractivity contribution in [1.82, 2.24) is 0 Å². The molecule has 5 heteroatoms. The van der Waals surface area contributed by atoms with Crippen molar-refractivity contribution in [3.8, 4) is 5.75 Å². The summed E-state index contributed by atoms with van der Waals surface area (Å²) in [5.41, 5.74) is 7.78. The molecule has 0 spiro atoms. The lowest BCUT2D eigenvalue weighted by Crippen LogP contribution is -2.08. The molecule has 0 aliphatic rings. The molecule has 2 rings (SSSR count). The Labute approximate surface area is 137 Å². The zero-order chi connectivity index (χ0) is 14.7. The normalized spacial score (nSPS) is 12.2. The van der Waals surface area contributed by atoms with Crippen LogP contribution in [0.25, 0.3) is 0 Å². The molecule has 20 heavy (non-hydrogen) atoms. The first-order valence-electron chi connectivity index (χ1n) is 6.09. The van der Waals surface area contributed by atoms with Crippen LogP contribution >= 0.6 is 39.1 Å². The lowest BCUT2D eigenvalue weighted by molar-refractivity contribution is 0.301. The topological polar surface area (TPSA) is 35.2 Å². The molecule has 0 heterocycles. The van der Waals surface area contributed by atoms with Crippen molar-refractivity contribution in [2.24, 2.45) is 5.73 Å². The number of rotatable bonds is 4. The number of hydrogen-bond acceptors (Lipinski definition) is 2. The number of hydrogen-bond donors (Lipinski definition) is 1. The van der Waals surface area contributed by atoms with Crippen molar-refractivity contribution in [1.29, 1.82) is 0 Å². The second kappa shape index (κ2) is 6.81. The molecule has 2 N–H and O–H groups in total. The Morgan fingerprint density at radius 2 is 1.95 bits per heavy atom. The van der Waals surface area contributed by atoms with Gasteiger partial charge in [0, 0.05) is 31.7 Å². The maximum atomic E-state index is 6.13. The minimum absolute atomic E-state index is 0.0983. The summed E-state index contributed by atoms with van der Waals surface area (Å²) in [6.07, 6.45) is 0. The Kier molecular flexibility index (Phi) is 5.33. The predicted octanol–water partition coefficient (Wildman–Crippen LogP) is 5.35. The predicted molar refractivity (Wildman–Crippen MR) is 87.5 cm³/mol. The summed E-state index contributed by atoms with van der Waals surface area (Å²) in [4.78, 5) is 0. The van der Waals surface area contributed by atoms with Crippen molar-refractivity contribution in [2.75, 3.05) is 0 Å². The fourth-order valence-corrected chi connectivity index (χ4v) is 2.61. The van der Waals surface area contributed by atoms with Crippen LogP contribution in [0.1, 0.15) is 24.1 Å². The molecular formula is C15H14BrCl2NO. The third-order valence-corrected chi connectivity index (χ3v) is 3.94. The van der Waals surface area contributed by atoms with Crippen LogP contribution in [-0.4, -0.2) is 0 Å². The van der Waals surface area contributed by atoms with Crippen LogP contribution in [0.15, 0.2) is 40.9 Å². The molecule has 0 aliphatic heterocycles. The van der Waals surface area contributed by atoms with Gasteiger partial charge < -0.3 is 10.5 Å². The Morgan fingerprint density at radius 3 is 2.60 bits per heavy atom. The van der Waals surface area contributed by atoms with Gasteiger partial charge in [0.15, 0.2) is 0 Å². The zero-order valence-electron chi connectivity index (χ0n) is 10.9. The SMILES string of the molecule is C[C@H](N)c1ccc(Br)cc1OCc1ccc(Cl)cc1Cl. The maximum absolute atomic E-state index is 6.13. The minimum atomic E-state index is -0.0983. The van der Waals surface area contributed by atoms with E-state index in [0.717, 1.165) is 21.3 Å². The quantitative estimate of drug-likeness (QED) is 0.782. The first-order chi connectivity index (χ1) is 9.47. The fraction of sp³-hybridized carbons (Fsp3) is 0.200. The van der Waals surface area contributed by atoms with Gasteiger partial charge in [0.05, 0.1) is 0 Å². The van der Waals surface area contributed by atoms with E-state index in [4.69, 9.17) is 33.7 Å². The molecule has 0 amide bonds. The van der Waals surface area contributed by atoms with E-state index in [-0.39, 0.29) is 6.04 Å². The van der Waals surface area contributed by atoms with Crippen LogP contribution in [-0.2, 0) is 6.61 Å². The maximum Gasteiger partial charge on any atom is 0.125 e. The molecule has 0 bridgehead atoms. The Bertz CT molecular complexity index is 617. The van der Waals surface area contributed by atoms with Crippen LogP contribution in [0, 0.1) is 0 Å². The molecule has 0 fully saturated rings. The summed E-state index contributed by atoms with van der Waals surface area (Å²) in [6, 6.07) is 11.1. The average Bonchev–Trinajstić information content (AvgIpc) is 2.37. The third kappa shape index (κ3) is 3.89. The fourth-order valence-electron chi connectivity index (χ4n) is 1.80. The van der Waals surface area contributed by atoms with Crippen molar-refractivity contribution in [3.63, 3.8) is 0 Å². The van der Waals surface area contributed by atoms with Gasteiger partial charge in [-0.15, -0.1) is 0 Å². The smallest absolute Gasteiger partial charge is 0.125 e. The van der Waals surface area contributed by atoms with E-state index < -0.39 is 0 Å². The Hall–Kier alpha value is -0.740. The van der Waals surface area contributed by atoms with Crippen LogP contribution in [0.5, 0.6) is 5.75 Å². The largest absolute Gasteiger partial charge is 0.488 e. The van der Waals surface area contributed by atoms with Gasteiger partial charge in [-0.2, -0.15) is 0 Å². The summed E-state index contributed by atoms with van der Waals surface area (Å²) in [7, 11) is 0. The van der Waals surface area contributed by atoms with Crippen LogP contribution in [0.3, 0.4) is 0 Å². The second-order valence-electron chi connectivity index (χ2n) is 4.50. The molecule has 2 nitrogen and oxygen atoms in total. The van der Waals surface area contributed by atoms with Crippen molar-refractivity contribution >= 4 is 39.1 Å². The van der Waals surface area contributed by atoms with E-state index in [1.807, 2.05) is 31.2 Å². The minimum Gasteiger partial charge on any atom is -0.488 e. The number of halogens is 3. The summed E-state index contributed by atoms with van der Waals surface area (Å²) in [5, 5.41) is 1.20. The molecule has 0 aliphatic carbocycles. The monoisotopic (exact) mass is 373 g/mol. The molecule has 2 aromatic carbocycles. The van der Waals surface area contributed by atoms with Gasteiger partial charge in [-0.25, -0.2) is 0 Å². The number of benzene rings is 2. The summed E-state index contributed by atoms with van der Waals surface area (Å²) < 4.78 is 6.79. The highest BCUT2D eigenvalue weighted by molar-refractivity contribution is 9.10. The van der Waals surface area contributed by atoms with Gasteiger partial charge in [-0.1, -0.05) is 51.3 Å². The highest BCUT2D eigenvalue weighted by atomic mass is 79.9. The summed E-state index contributed by atoms with van der Waals surface area (Å²) >= 11 is 15.4. The highest BCUT2D eigenvalue weighted by Crippen LogP contribution is 2.29. The Balaban J connectivity index is 2.20. The van der Waals surface area contributed by atoms with Gasteiger partial charge in [-0.05, 0) is 31.2 Å². The van der Waals surface area contributed by atoms with Crippen LogP contribution in [0.4, 0.5) is 0 Å². The summed E-state index contributed by atoms with van der Waals surface area (Å²) in [6.45, 7) is 2.29. The average molecular weight is 375 g/mol. The van der Waals surface area contributed by atoms with E-state index >= 15 is 0 Å². The lowest BCUT2D eigenvalue weighted by atomic mass is 10.1. The number of nitrogens with two attached hydrogens (primary N) is 1. The van der Waals surface area contributed by atoms with E-state index in [0.29, 0.717) is 16.7 Å². The first kappa shape index (κ1) is 15.6. The van der Waals surface area contributed by atoms with Gasteiger partial charge in [-0.3, -0.25) is 0 Å². The summed E-state index contributed by atoms with van der Waals surface area (Å²) in [5.74, 6) is 0.750. The van der Waals surface area contributed by atoms with Crippen LogP contribution in [0.2, 0.25) is 10.0 Å². The van der Waals surface area contributed by atoms with Gasteiger partial charge in [0.1, 0.15) is 12.4 Å². The zero-order valence-corrected chi connectivity index (χ0v) is 14.0. The van der Waals surface area contributed by atoms with E-state index in [1.165, 1.54) is 0 Å². The number of ether oxygens (including phenoxy) is 1. The van der Waals surface area contributed by atoms with Gasteiger partial charge in [0.2, 0.25) is 0 Å². The molecular weight excluding hydrogens is 361 g/mol. The van der Waals surface area contributed by atoms with Crippen molar-refractivity contribution in [3.05, 3.63) is 62.0 Å². The molecule has 2 aromatic rings. The molecule has 0 saturated carbocycles. The van der Waals surface area contributed by atoms with E-state index in [9.17, 15) is 0 Å². The molecule has 1 atom stereocenters. The molecule has 0 radical (unpaired) electrons. The standard InChI is InChI=1S/C15H14BrCl2NO/c1-9(19)13-5-3-11(16)6-15(13)20-8-10-2-4-12(17)7-14(10)18/h2-7,9H,8,19H2,1H3/t9-/m0/s1. The third-order valence-electron chi connectivity index (χ3n) is 2.86.